The molecule has 0 N–H and O–H groups in total. The van der Waals surface area contributed by atoms with Crippen LogP contribution in [0, 0.1) is 0 Å². The lowest BCUT2D eigenvalue weighted by atomic mass is 9.98. The second-order valence-corrected chi connectivity index (χ2v) is 11.7. The molecule has 0 atom stereocenters. The third-order valence-electron chi connectivity index (χ3n) is 8.34. The maximum absolute atomic E-state index is 4.67. The van der Waals surface area contributed by atoms with Crippen molar-refractivity contribution >= 4 is 58.8 Å². The van der Waals surface area contributed by atoms with Crippen molar-refractivity contribution in [2.45, 2.75) is 0 Å². The molecule has 0 fully saturated rings. The predicted octanol–water partition coefficient (Wildman–Crippen LogP) is 10.4. The number of nitrogens with zero attached hydrogens (tertiary/aromatic N) is 3. The van der Waals surface area contributed by atoms with Gasteiger partial charge in [-0.1, -0.05) is 127 Å². The van der Waals surface area contributed by atoms with E-state index in [1.54, 1.807) is 0 Å². The van der Waals surface area contributed by atoms with E-state index in [1.165, 1.54) is 53.2 Å². The monoisotopic (exact) mass is 553 g/mol. The Morgan fingerprint density at radius 1 is 0.429 bits per heavy atom. The smallest absolute Gasteiger partial charge is 0.169 e. The molecule has 6 aromatic carbocycles. The van der Waals surface area contributed by atoms with Gasteiger partial charge in [0.15, 0.2) is 11.5 Å². The molecule has 3 heterocycles. The Bertz CT molecular complexity index is 2450. The van der Waals surface area contributed by atoms with Crippen molar-refractivity contribution in [2.75, 3.05) is 0 Å². The van der Waals surface area contributed by atoms with Gasteiger partial charge in [0.2, 0.25) is 0 Å². The number of hydrogen-bond donors (Lipinski definition) is 0. The molecule has 196 valence electrons. The topological polar surface area (TPSA) is 30.2 Å². The molecular weight excluding hydrogens is 531 g/mol. The lowest BCUT2D eigenvalue weighted by molar-refractivity contribution is 1.12. The van der Waals surface area contributed by atoms with Gasteiger partial charge in [-0.25, -0.2) is 0 Å². The van der Waals surface area contributed by atoms with Crippen LogP contribution < -0.4 is 0 Å². The summed E-state index contributed by atoms with van der Waals surface area (Å²) in [5, 5.41) is 15.5. The Morgan fingerprint density at radius 3 is 1.81 bits per heavy atom. The zero-order chi connectivity index (χ0) is 27.6. The lowest BCUT2D eigenvalue weighted by Gasteiger charge is -2.10. The van der Waals surface area contributed by atoms with Crippen molar-refractivity contribution in [2.24, 2.45) is 0 Å². The Labute approximate surface area is 245 Å². The Kier molecular flexibility index (Phi) is 5.07. The zero-order valence-electron chi connectivity index (χ0n) is 22.5. The number of hydrogen-bond acceptors (Lipinski definition) is 3. The van der Waals surface area contributed by atoms with Crippen molar-refractivity contribution in [3.8, 4) is 33.6 Å². The molecule has 9 rings (SSSR count). The summed E-state index contributed by atoms with van der Waals surface area (Å²) in [6, 6.07) is 49.8. The van der Waals surface area contributed by atoms with Gasteiger partial charge in [0.1, 0.15) is 0 Å². The van der Waals surface area contributed by atoms with Crippen molar-refractivity contribution < 1.29 is 0 Å². The van der Waals surface area contributed by atoms with E-state index in [2.05, 4.69) is 154 Å². The summed E-state index contributed by atoms with van der Waals surface area (Å²) in [5.41, 5.74) is 7.92. The van der Waals surface area contributed by atoms with E-state index < -0.39 is 0 Å². The van der Waals surface area contributed by atoms with Crippen LogP contribution in [0.3, 0.4) is 0 Å². The summed E-state index contributed by atoms with van der Waals surface area (Å²) in [7, 11) is 0. The number of pyridine rings is 1. The van der Waals surface area contributed by atoms with Gasteiger partial charge in [-0.3, -0.25) is 4.40 Å². The number of benzene rings is 6. The highest BCUT2D eigenvalue weighted by atomic mass is 32.1. The number of aromatic nitrogens is 3. The molecule has 3 aromatic heterocycles. The van der Waals surface area contributed by atoms with E-state index in [0.29, 0.717) is 0 Å². The Balaban J connectivity index is 1.10. The fourth-order valence-electron chi connectivity index (χ4n) is 6.31. The fraction of sp³-hybridized carbons (Fsp3) is 0. The summed E-state index contributed by atoms with van der Waals surface area (Å²) in [6.45, 7) is 0. The van der Waals surface area contributed by atoms with Gasteiger partial charge in [0, 0.05) is 36.5 Å². The van der Waals surface area contributed by atoms with E-state index >= 15 is 0 Å². The quantitative estimate of drug-likeness (QED) is 0.204. The summed E-state index contributed by atoms with van der Waals surface area (Å²) in [4.78, 5) is 0. The number of rotatable bonds is 3. The van der Waals surface area contributed by atoms with Crippen LogP contribution in [-0.4, -0.2) is 14.6 Å². The van der Waals surface area contributed by atoms with E-state index in [1.807, 2.05) is 11.3 Å². The normalized spacial score (nSPS) is 11.8. The minimum Gasteiger partial charge on any atom is -0.274 e. The van der Waals surface area contributed by atoms with E-state index in [4.69, 9.17) is 0 Å². The molecule has 0 unspecified atom stereocenters. The molecule has 0 aliphatic heterocycles. The van der Waals surface area contributed by atoms with Gasteiger partial charge in [-0.15, -0.1) is 21.5 Å². The molecule has 0 bridgehead atoms. The third-order valence-corrected chi connectivity index (χ3v) is 9.56. The molecular formula is C38H23N3S. The molecule has 42 heavy (non-hydrogen) atoms. The van der Waals surface area contributed by atoms with Crippen molar-refractivity contribution in [3.63, 3.8) is 0 Å². The zero-order valence-corrected chi connectivity index (χ0v) is 23.3. The largest absolute Gasteiger partial charge is 0.274 e. The summed E-state index contributed by atoms with van der Waals surface area (Å²) < 4.78 is 4.87. The average Bonchev–Trinajstić information content (AvgIpc) is 3.68. The van der Waals surface area contributed by atoms with Crippen LogP contribution in [-0.2, 0) is 0 Å². The SMILES string of the molecule is c1ccc2c(c1)sc1c(-c3ccc(-c4ccc(-c5nnc6c7ccccc7c7ccccc7n56)cc4)cc3)cccc12. The van der Waals surface area contributed by atoms with Gasteiger partial charge in [-0.2, -0.15) is 0 Å². The van der Waals surface area contributed by atoms with E-state index in [9.17, 15) is 0 Å². The van der Waals surface area contributed by atoms with Crippen molar-refractivity contribution in [3.05, 3.63) is 140 Å². The molecule has 0 spiro atoms. The molecule has 3 nitrogen and oxygen atoms in total. The predicted molar refractivity (Wildman–Crippen MR) is 177 cm³/mol. The summed E-state index contributed by atoms with van der Waals surface area (Å²) >= 11 is 1.87. The minimum atomic E-state index is 0.852. The van der Waals surface area contributed by atoms with Gasteiger partial charge < -0.3 is 0 Å². The van der Waals surface area contributed by atoms with Crippen molar-refractivity contribution in [1.82, 2.24) is 14.6 Å². The van der Waals surface area contributed by atoms with Crippen LogP contribution >= 0.6 is 11.3 Å². The van der Waals surface area contributed by atoms with Gasteiger partial charge in [0.05, 0.1) is 5.52 Å². The lowest BCUT2D eigenvalue weighted by Crippen LogP contribution is -1.94. The standard InChI is InChI=1S/C38H23N3S/c1-2-11-33-29(8-1)30-9-3-5-14-34(30)41-37(39-40-38(33)41)27-22-18-25(19-23-27)24-16-20-26(21-17-24)28-12-7-13-32-31-10-4-6-15-35(31)42-36(28)32/h1-23H. The molecule has 9 aromatic rings. The van der Waals surface area contributed by atoms with Gasteiger partial charge in [0.25, 0.3) is 0 Å². The molecule has 4 heteroatoms. The number of para-hydroxylation sites is 1. The molecule has 0 aliphatic rings. The highest BCUT2D eigenvalue weighted by molar-refractivity contribution is 7.26. The van der Waals surface area contributed by atoms with Crippen LogP contribution in [0.2, 0.25) is 0 Å². The minimum absolute atomic E-state index is 0.852. The van der Waals surface area contributed by atoms with Crippen LogP contribution in [0.4, 0.5) is 0 Å². The third kappa shape index (κ3) is 3.46. The molecule has 0 radical (unpaired) electrons. The molecule has 0 aliphatic carbocycles. The number of thiophene rings is 1. The first kappa shape index (κ1) is 23.4. The van der Waals surface area contributed by atoms with E-state index in [0.717, 1.165) is 27.9 Å². The molecule has 0 saturated carbocycles. The molecule has 0 saturated heterocycles. The van der Waals surface area contributed by atoms with Gasteiger partial charge >= 0.3 is 0 Å². The van der Waals surface area contributed by atoms with E-state index in [-0.39, 0.29) is 0 Å². The summed E-state index contributed by atoms with van der Waals surface area (Å²) in [6.07, 6.45) is 0. The second-order valence-electron chi connectivity index (χ2n) is 10.7. The summed E-state index contributed by atoms with van der Waals surface area (Å²) in [5.74, 6) is 0.852. The Morgan fingerprint density at radius 2 is 1.02 bits per heavy atom. The average molecular weight is 554 g/mol. The molecule has 0 amide bonds. The highest BCUT2D eigenvalue weighted by Crippen LogP contribution is 2.40. The van der Waals surface area contributed by atoms with Crippen LogP contribution in [0.25, 0.3) is 81.1 Å². The van der Waals surface area contributed by atoms with Crippen LogP contribution in [0.1, 0.15) is 0 Å². The first-order valence-electron chi connectivity index (χ1n) is 14.1. The second kappa shape index (κ2) is 9.10. The maximum atomic E-state index is 4.67. The fourth-order valence-corrected chi connectivity index (χ4v) is 7.55. The first-order chi connectivity index (χ1) is 20.8. The highest BCUT2D eigenvalue weighted by Gasteiger charge is 2.16. The first-order valence-corrected chi connectivity index (χ1v) is 14.9. The van der Waals surface area contributed by atoms with Crippen LogP contribution in [0.15, 0.2) is 140 Å². The van der Waals surface area contributed by atoms with Gasteiger partial charge in [-0.05, 0) is 39.8 Å². The number of fused-ring (bicyclic) bond motifs is 9. The van der Waals surface area contributed by atoms with Crippen LogP contribution in [0.5, 0.6) is 0 Å². The van der Waals surface area contributed by atoms with Crippen molar-refractivity contribution in [1.29, 1.82) is 0 Å². The maximum Gasteiger partial charge on any atom is 0.169 e. The Hall–Kier alpha value is -5.32.